The van der Waals surface area contributed by atoms with Gasteiger partial charge in [-0.05, 0) is 37.1 Å². The summed E-state index contributed by atoms with van der Waals surface area (Å²) < 4.78 is 20.8. The van der Waals surface area contributed by atoms with Crippen LogP contribution in [0.25, 0.3) is 0 Å². The number of carbonyl (C=O) groups is 2. The summed E-state index contributed by atoms with van der Waals surface area (Å²) in [5, 5.41) is 0. The van der Waals surface area contributed by atoms with Crippen molar-refractivity contribution in [3.05, 3.63) is 48.3 Å². The van der Waals surface area contributed by atoms with E-state index in [2.05, 4.69) is 4.98 Å². The zero-order valence-corrected chi connectivity index (χ0v) is 15.1. The van der Waals surface area contributed by atoms with Gasteiger partial charge in [-0.15, -0.1) is 0 Å². The number of likely N-dealkylation sites (tertiary alicyclic amines) is 1. The van der Waals surface area contributed by atoms with Crippen LogP contribution < -0.4 is 4.90 Å². The van der Waals surface area contributed by atoms with Crippen LogP contribution in [-0.2, 0) is 16.6 Å². The third-order valence-electron chi connectivity index (χ3n) is 5.39. The average Bonchev–Trinajstić information content (AvgIpc) is 3.11. The maximum absolute atomic E-state index is 13.2. The van der Waals surface area contributed by atoms with Crippen molar-refractivity contribution < 1.29 is 18.7 Å². The molecule has 0 radical (unpaired) electrons. The number of halogens is 1. The molecule has 2 aliphatic heterocycles. The zero-order chi connectivity index (χ0) is 19.0. The standard InChI is InChI=1S/C19H21FN4O3/c1-22-13-21-10-16(22)18(26)23-8-6-19(7-9-23)12-24(17(25)11-27-19)15-4-2-14(20)3-5-15/h2-5,10,13H,6-9,11-12H2,1H3. The second kappa shape index (κ2) is 6.77. The van der Waals surface area contributed by atoms with E-state index in [-0.39, 0.29) is 24.2 Å². The van der Waals surface area contributed by atoms with Crippen LogP contribution in [0.1, 0.15) is 23.3 Å². The van der Waals surface area contributed by atoms with Crippen LogP contribution in [0.15, 0.2) is 36.8 Å². The van der Waals surface area contributed by atoms with Crippen molar-refractivity contribution >= 4 is 17.5 Å². The van der Waals surface area contributed by atoms with Crippen molar-refractivity contribution in [2.24, 2.45) is 7.05 Å². The van der Waals surface area contributed by atoms with E-state index in [1.807, 2.05) is 0 Å². The fraction of sp³-hybridized carbons (Fsp3) is 0.421. The van der Waals surface area contributed by atoms with Crippen molar-refractivity contribution in [2.45, 2.75) is 18.4 Å². The third kappa shape index (κ3) is 3.32. The summed E-state index contributed by atoms with van der Waals surface area (Å²) in [4.78, 5) is 32.4. The minimum Gasteiger partial charge on any atom is -0.363 e. The molecule has 1 spiro atoms. The first-order chi connectivity index (χ1) is 13.0. The van der Waals surface area contributed by atoms with Crippen molar-refractivity contribution in [2.75, 3.05) is 31.1 Å². The fourth-order valence-corrected chi connectivity index (χ4v) is 3.72. The van der Waals surface area contributed by atoms with Crippen molar-refractivity contribution in [3.8, 4) is 0 Å². The first-order valence-corrected chi connectivity index (χ1v) is 8.93. The Balaban J connectivity index is 1.46. The highest BCUT2D eigenvalue weighted by Crippen LogP contribution is 2.33. The lowest BCUT2D eigenvalue weighted by molar-refractivity contribution is -0.143. The molecule has 4 rings (SSSR count). The van der Waals surface area contributed by atoms with E-state index in [9.17, 15) is 14.0 Å². The van der Waals surface area contributed by atoms with Gasteiger partial charge < -0.3 is 19.1 Å². The van der Waals surface area contributed by atoms with E-state index in [0.717, 1.165) is 0 Å². The average molecular weight is 372 g/mol. The monoisotopic (exact) mass is 372 g/mol. The van der Waals surface area contributed by atoms with Gasteiger partial charge in [0.2, 0.25) is 0 Å². The van der Waals surface area contributed by atoms with Gasteiger partial charge in [0.15, 0.2) is 0 Å². The Morgan fingerprint density at radius 2 is 1.93 bits per heavy atom. The van der Waals surface area contributed by atoms with Crippen LogP contribution in [0, 0.1) is 5.82 Å². The molecular formula is C19H21FN4O3. The number of benzene rings is 1. The van der Waals surface area contributed by atoms with E-state index in [4.69, 9.17) is 4.74 Å². The molecule has 1 aromatic heterocycles. The maximum atomic E-state index is 13.2. The number of anilines is 1. The number of amides is 2. The zero-order valence-electron chi connectivity index (χ0n) is 15.1. The van der Waals surface area contributed by atoms with Gasteiger partial charge in [0.1, 0.15) is 18.1 Å². The highest BCUT2D eigenvalue weighted by molar-refractivity contribution is 5.95. The molecule has 0 saturated carbocycles. The molecule has 1 aromatic carbocycles. The van der Waals surface area contributed by atoms with Gasteiger partial charge in [-0.2, -0.15) is 0 Å². The summed E-state index contributed by atoms with van der Waals surface area (Å²) in [6, 6.07) is 5.90. The fourth-order valence-electron chi connectivity index (χ4n) is 3.72. The van der Waals surface area contributed by atoms with Crippen molar-refractivity contribution in [1.82, 2.24) is 14.5 Å². The van der Waals surface area contributed by atoms with Gasteiger partial charge in [-0.1, -0.05) is 0 Å². The minimum absolute atomic E-state index is 0.00689. The highest BCUT2D eigenvalue weighted by Gasteiger charge is 2.43. The molecule has 8 heteroatoms. The summed E-state index contributed by atoms with van der Waals surface area (Å²) in [5.41, 5.74) is 0.738. The van der Waals surface area contributed by atoms with Crippen LogP contribution in [0.3, 0.4) is 0 Å². The minimum atomic E-state index is -0.481. The molecule has 0 N–H and O–H groups in total. The Labute approximate surface area is 156 Å². The van der Waals surface area contributed by atoms with Gasteiger partial charge in [0, 0.05) is 25.8 Å². The number of rotatable bonds is 2. The van der Waals surface area contributed by atoms with Gasteiger partial charge in [-0.3, -0.25) is 9.59 Å². The molecule has 2 aromatic rings. The van der Waals surface area contributed by atoms with Gasteiger partial charge >= 0.3 is 0 Å². The van der Waals surface area contributed by atoms with Crippen LogP contribution in [0.4, 0.5) is 10.1 Å². The van der Waals surface area contributed by atoms with Crippen molar-refractivity contribution in [1.29, 1.82) is 0 Å². The molecule has 2 fully saturated rings. The highest BCUT2D eigenvalue weighted by atomic mass is 19.1. The first-order valence-electron chi connectivity index (χ1n) is 8.93. The molecule has 0 atom stereocenters. The normalized spacial score (nSPS) is 19.6. The second-order valence-electron chi connectivity index (χ2n) is 7.11. The summed E-state index contributed by atoms with van der Waals surface area (Å²) in [6.45, 7) is 1.50. The molecule has 2 aliphatic rings. The number of nitrogens with zero attached hydrogens (tertiary/aromatic N) is 4. The van der Waals surface area contributed by atoms with Gasteiger partial charge in [0.25, 0.3) is 11.8 Å². The number of ether oxygens (including phenoxy) is 1. The Bertz CT molecular complexity index is 856. The Kier molecular flexibility index (Phi) is 4.43. The summed E-state index contributed by atoms with van der Waals surface area (Å²) in [6.07, 6.45) is 4.46. The SMILES string of the molecule is Cn1cncc1C(=O)N1CCC2(CC1)CN(c1ccc(F)cc1)C(=O)CO2. The Morgan fingerprint density at radius 3 is 2.56 bits per heavy atom. The summed E-state index contributed by atoms with van der Waals surface area (Å²) in [5.74, 6) is -0.524. The molecule has 0 aliphatic carbocycles. The van der Waals surface area contributed by atoms with E-state index in [0.29, 0.717) is 43.9 Å². The van der Waals surface area contributed by atoms with Gasteiger partial charge in [-0.25, -0.2) is 9.37 Å². The topological polar surface area (TPSA) is 67.7 Å². The largest absolute Gasteiger partial charge is 0.363 e. The molecule has 0 bridgehead atoms. The van der Waals surface area contributed by atoms with Crippen LogP contribution >= 0.6 is 0 Å². The molecule has 2 amide bonds. The van der Waals surface area contributed by atoms with E-state index < -0.39 is 5.60 Å². The first kappa shape index (κ1) is 17.7. The molecule has 2 saturated heterocycles. The molecule has 142 valence electrons. The maximum Gasteiger partial charge on any atom is 0.272 e. The quantitative estimate of drug-likeness (QED) is 0.803. The summed E-state index contributed by atoms with van der Waals surface area (Å²) >= 11 is 0. The number of hydrogen-bond acceptors (Lipinski definition) is 4. The van der Waals surface area contributed by atoms with Crippen LogP contribution in [0.2, 0.25) is 0 Å². The molecular weight excluding hydrogens is 351 g/mol. The van der Waals surface area contributed by atoms with Gasteiger partial charge in [0.05, 0.1) is 24.7 Å². The lowest BCUT2D eigenvalue weighted by Crippen LogP contribution is -2.59. The van der Waals surface area contributed by atoms with Crippen molar-refractivity contribution in [3.63, 3.8) is 0 Å². The number of aryl methyl sites for hydroxylation is 1. The second-order valence-corrected chi connectivity index (χ2v) is 7.11. The molecule has 3 heterocycles. The Morgan fingerprint density at radius 1 is 1.22 bits per heavy atom. The van der Waals surface area contributed by atoms with Crippen LogP contribution in [-0.4, -0.2) is 58.1 Å². The molecule has 0 unspecified atom stereocenters. The van der Waals surface area contributed by atoms with Crippen LogP contribution in [0.5, 0.6) is 0 Å². The number of imidazole rings is 1. The number of piperidine rings is 1. The van der Waals surface area contributed by atoms with E-state index in [1.165, 1.54) is 12.1 Å². The number of morpholine rings is 1. The predicted molar refractivity (Wildman–Crippen MR) is 95.8 cm³/mol. The molecule has 7 nitrogen and oxygen atoms in total. The lowest BCUT2D eigenvalue weighted by atomic mass is 9.89. The molecule has 27 heavy (non-hydrogen) atoms. The predicted octanol–water partition coefficient (Wildman–Crippen LogP) is 1.60. The number of carbonyl (C=O) groups excluding carboxylic acids is 2. The van der Waals surface area contributed by atoms with E-state index >= 15 is 0 Å². The summed E-state index contributed by atoms with van der Waals surface area (Å²) in [7, 11) is 1.79. The third-order valence-corrected chi connectivity index (χ3v) is 5.39. The number of aromatic nitrogens is 2. The smallest absolute Gasteiger partial charge is 0.272 e. The number of hydrogen-bond donors (Lipinski definition) is 0. The van der Waals surface area contributed by atoms with E-state index in [1.54, 1.807) is 46.1 Å². The lowest BCUT2D eigenvalue weighted by Gasteiger charge is -2.46. The Hall–Kier alpha value is -2.74.